The van der Waals surface area contributed by atoms with Crippen molar-refractivity contribution in [2.75, 3.05) is 0 Å². The van der Waals surface area contributed by atoms with Crippen LogP contribution in [0, 0.1) is 13.8 Å². The molecule has 0 saturated carbocycles. The predicted octanol–water partition coefficient (Wildman–Crippen LogP) is 8.39. The molecule has 0 amide bonds. The summed E-state index contributed by atoms with van der Waals surface area (Å²) in [5.41, 5.74) is 14.5. The molecule has 3 unspecified atom stereocenters. The van der Waals surface area contributed by atoms with Crippen molar-refractivity contribution in [1.82, 2.24) is 19.9 Å². The highest BCUT2D eigenvalue weighted by Gasteiger charge is 2.31. The summed E-state index contributed by atoms with van der Waals surface area (Å²) >= 11 is 0. The molecule has 0 aliphatic carbocycles. The summed E-state index contributed by atoms with van der Waals surface area (Å²) < 4.78 is 0. The van der Waals surface area contributed by atoms with E-state index in [1.807, 2.05) is 13.8 Å². The van der Waals surface area contributed by atoms with E-state index in [0.717, 1.165) is 105 Å². The molecule has 3 atom stereocenters. The minimum atomic E-state index is -0.627. The SMILES string of the molecule is CCCC1c2nc(cc3[nH]c(cc4nc(cc5[nH]c(c(C=O)c5C)c2CC)C(CC)=C4C)c(C(C)O)c3C)C1C. The number of aromatic nitrogens is 4. The number of allylic oxidation sites excluding steroid dienone is 2. The van der Waals surface area contributed by atoms with Crippen LogP contribution in [0.25, 0.3) is 33.2 Å². The Kier molecular flexibility index (Phi) is 7.58. The zero-order chi connectivity index (χ0) is 28.9. The van der Waals surface area contributed by atoms with E-state index in [2.05, 4.69) is 69.7 Å². The van der Waals surface area contributed by atoms with Crippen molar-refractivity contribution in [2.24, 2.45) is 0 Å². The molecule has 0 aromatic carbocycles. The van der Waals surface area contributed by atoms with E-state index in [0.29, 0.717) is 5.56 Å². The molecular weight excluding hydrogens is 496 g/mol. The van der Waals surface area contributed by atoms with Gasteiger partial charge in [-0.3, -0.25) is 9.78 Å². The van der Waals surface area contributed by atoms with Crippen molar-refractivity contribution >= 4 is 39.5 Å². The monoisotopic (exact) mass is 538 g/mol. The summed E-state index contributed by atoms with van der Waals surface area (Å²) in [5, 5.41) is 10.8. The number of aldehydes is 1. The van der Waals surface area contributed by atoms with Gasteiger partial charge in [0, 0.05) is 50.9 Å². The number of nitrogens with one attached hydrogen (secondary N) is 2. The fraction of sp³-hybridized carbons (Fsp3) is 0.441. The number of hydrogen-bond donors (Lipinski definition) is 3. The van der Waals surface area contributed by atoms with Crippen molar-refractivity contribution in [2.45, 2.75) is 99.0 Å². The number of hydrogen-bond acceptors (Lipinski definition) is 4. The van der Waals surface area contributed by atoms with E-state index in [1.165, 1.54) is 5.57 Å². The van der Waals surface area contributed by atoms with Crippen LogP contribution >= 0.6 is 0 Å². The molecule has 210 valence electrons. The molecule has 3 aromatic rings. The fourth-order valence-corrected chi connectivity index (χ4v) is 6.77. The fourth-order valence-electron chi connectivity index (χ4n) is 6.77. The van der Waals surface area contributed by atoms with Gasteiger partial charge in [-0.15, -0.1) is 0 Å². The summed E-state index contributed by atoms with van der Waals surface area (Å²) in [7, 11) is 0. The van der Waals surface area contributed by atoms with E-state index in [-0.39, 0.29) is 11.8 Å². The number of carbonyl (C=O) groups excluding carboxylic acids is 1. The number of aliphatic hydroxyl groups is 1. The van der Waals surface area contributed by atoms with Gasteiger partial charge in [-0.1, -0.05) is 34.1 Å². The van der Waals surface area contributed by atoms with Gasteiger partial charge in [0.25, 0.3) is 0 Å². The van der Waals surface area contributed by atoms with Gasteiger partial charge in [-0.25, -0.2) is 4.98 Å². The summed E-state index contributed by atoms with van der Waals surface area (Å²) in [5.74, 6) is 0.496. The Morgan fingerprint density at radius 3 is 2.27 bits per heavy atom. The molecular formula is C34H42N4O2. The first-order valence-corrected chi connectivity index (χ1v) is 14.7. The molecule has 2 aliphatic heterocycles. The normalized spacial score (nSPS) is 17.9. The maximum Gasteiger partial charge on any atom is 0.152 e. The standard InChI is InChI=1S/C34H42N4O2/c1-9-12-24-18(5)27-13-29-20(7)32(21(8)40)31(36-29)15-26-17(4)22(10-2)30(35-26)14-28-19(6)25(16-39)34(38-28)23(11-3)33(24)37-27/h13-16,18,21,24,36,38,40H,9-12H2,1-8H3. The number of H-pyrrole nitrogens is 2. The number of aryl methyl sites for hydroxylation is 3. The zero-order valence-corrected chi connectivity index (χ0v) is 25.1. The second-order valence-electron chi connectivity index (χ2n) is 11.4. The Hall–Kier alpha value is -3.51. The maximum absolute atomic E-state index is 12.5. The van der Waals surface area contributed by atoms with Crippen LogP contribution in [0.5, 0.6) is 0 Å². The minimum absolute atomic E-state index is 0.229. The van der Waals surface area contributed by atoms with Gasteiger partial charge in [0.05, 0.1) is 23.0 Å². The molecule has 6 heteroatoms. The second kappa shape index (κ2) is 10.8. The number of aliphatic hydroxyl groups excluding tert-OH is 1. The van der Waals surface area contributed by atoms with E-state index >= 15 is 0 Å². The number of aromatic amines is 2. The van der Waals surface area contributed by atoms with Crippen LogP contribution in [0.3, 0.4) is 0 Å². The van der Waals surface area contributed by atoms with Crippen LogP contribution in [0.1, 0.15) is 134 Å². The number of carbonyl (C=O) groups is 1. The van der Waals surface area contributed by atoms with E-state index in [1.54, 1.807) is 0 Å². The first-order chi connectivity index (χ1) is 19.1. The Labute approximate surface area is 237 Å². The predicted molar refractivity (Wildman–Crippen MR) is 165 cm³/mol. The zero-order valence-electron chi connectivity index (χ0n) is 25.1. The quantitative estimate of drug-likeness (QED) is 0.275. The van der Waals surface area contributed by atoms with Gasteiger partial charge in [-0.05, 0) is 93.0 Å². The highest BCUT2D eigenvalue weighted by Crippen LogP contribution is 2.42. The van der Waals surface area contributed by atoms with Crippen LogP contribution in [-0.2, 0) is 6.42 Å². The van der Waals surface area contributed by atoms with E-state index in [4.69, 9.17) is 9.97 Å². The topological polar surface area (TPSA) is 94.7 Å². The van der Waals surface area contributed by atoms with Gasteiger partial charge in [-0.2, -0.15) is 0 Å². The number of rotatable bonds is 6. The molecule has 0 spiro atoms. The molecule has 5 rings (SSSR count). The van der Waals surface area contributed by atoms with Crippen LogP contribution in [0.2, 0.25) is 0 Å². The third-order valence-corrected chi connectivity index (χ3v) is 9.07. The van der Waals surface area contributed by atoms with Crippen LogP contribution < -0.4 is 0 Å². The maximum atomic E-state index is 12.5. The molecule has 0 saturated heterocycles. The van der Waals surface area contributed by atoms with E-state index in [9.17, 15) is 9.90 Å². The molecule has 3 aromatic heterocycles. The van der Waals surface area contributed by atoms with Crippen LogP contribution in [0.15, 0.2) is 18.2 Å². The molecule has 3 N–H and O–H groups in total. The summed E-state index contributed by atoms with van der Waals surface area (Å²) in [4.78, 5) is 30.1. The average molecular weight is 539 g/mol. The van der Waals surface area contributed by atoms with Gasteiger partial charge in [0.1, 0.15) is 0 Å². The lowest BCUT2D eigenvalue weighted by molar-refractivity contribution is 0.112. The van der Waals surface area contributed by atoms with Crippen molar-refractivity contribution in [1.29, 1.82) is 0 Å². The van der Waals surface area contributed by atoms with Crippen molar-refractivity contribution in [3.05, 3.63) is 68.8 Å². The lowest BCUT2D eigenvalue weighted by atomic mass is 9.85. The Morgan fingerprint density at radius 2 is 1.65 bits per heavy atom. The number of fused-ring (bicyclic) bond motifs is 8. The van der Waals surface area contributed by atoms with E-state index < -0.39 is 6.10 Å². The molecule has 0 fully saturated rings. The largest absolute Gasteiger partial charge is 0.389 e. The highest BCUT2D eigenvalue weighted by atomic mass is 16.3. The summed E-state index contributed by atoms with van der Waals surface area (Å²) in [6, 6.07) is 6.31. The molecule has 0 radical (unpaired) electrons. The first-order valence-electron chi connectivity index (χ1n) is 14.7. The minimum Gasteiger partial charge on any atom is -0.389 e. The second-order valence-corrected chi connectivity index (χ2v) is 11.4. The van der Waals surface area contributed by atoms with Crippen molar-refractivity contribution in [3.63, 3.8) is 0 Å². The van der Waals surface area contributed by atoms with Crippen molar-refractivity contribution in [3.8, 4) is 0 Å². The van der Waals surface area contributed by atoms with Crippen molar-refractivity contribution < 1.29 is 9.90 Å². The Bertz CT molecular complexity index is 1690. The smallest absolute Gasteiger partial charge is 0.152 e. The Morgan fingerprint density at radius 1 is 0.950 bits per heavy atom. The van der Waals surface area contributed by atoms with Gasteiger partial charge >= 0.3 is 0 Å². The summed E-state index contributed by atoms with van der Waals surface area (Å²) in [6.45, 7) is 16.8. The average Bonchev–Trinajstić information content (AvgIpc) is 3.59. The van der Waals surface area contributed by atoms with Crippen LogP contribution in [-0.4, -0.2) is 31.3 Å². The number of nitrogens with zero attached hydrogens (tertiary/aromatic N) is 2. The molecule has 6 nitrogen and oxygen atoms in total. The summed E-state index contributed by atoms with van der Waals surface area (Å²) in [6.07, 6.45) is 4.05. The van der Waals surface area contributed by atoms with Gasteiger partial charge in [0.2, 0.25) is 0 Å². The third-order valence-electron chi connectivity index (χ3n) is 9.07. The molecule has 5 heterocycles. The molecule has 8 bridgehead atoms. The van der Waals surface area contributed by atoms with Crippen LogP contribution in [0.4, 0.5) is 0 Å². The first kappa shape index (κ1) is 28.0. The lowest BCUT2D eigenvalue weighted by Crippen LogP contribution is -2.04. The Balaban J connectivity index is 2.03. The third kappa shape index (κ3) is 4.43. The van der Waals surface area contributed by atoms with Gasteiger partial charge < -0.3 is 15.1 Å². The lowest BCUT2D eigenvalue weighted by Gasteiger charge is -2.17. The highest BCUT2D eigenvalue weighted by molar-refractivity contribution is 5.96. The van der Waals surface area contributed by atoms with Gasteiger partial charge in [0.15, 0.2) is 6.29 Å². The molecule has 40 heavy (non-hydrogen) atoms. The molecule has 2 aliphatic rings.